The van der Waals surface area contributed by atoms with Gasteiger partial charge in [-0.2, -0.15) is 4.52 Å². The van der Waals surface area contributed by atoms with Gasteiger partial charge in [-0.25, -0.2) is 4.98 Å². The number of fused-ring (bicyclic) bond motifs is 3. The van der Waals surface area contributed by atoms with Crippen LogP contribution in [0.25, 0.3) is 16.7 Å². The number of morpholine rings is 1. The Hall–Kier alpha value is -2.32. The summed E-state index contributed by atoms with van der Waals surface area (Å²) in [6.07, 6.45) is 0. The van der Waals surface area contributed by atoms with Crippen molar-refractivity contribution in [3.05, 3.63) is 23.8 Å². The molecule has 1 N–H and O–H groups in total. The van der Waals surface area contributed by atoms with Gasteiger partial charge in [-0.05, 0) is 35.0 Å². The minimum atomic E-state index is 0.657. The van der Waals surface area contributed by atoms with Crippen LogP contribution < -0.4 is 5.32 Å². The van der Waals surface area contributed by atoms with E-state index < -0.39 is 0 Å². The number of nitrogens with zero attached hydrogens (tertiary/aromatic N) is 6. The Bertz CT molecular complexity index is 825. The van der Waals surface area contributed by atoms with E-state index in [1.165, 1.54) is 0 Å². The predicted molar refractivity (Wildman–Crippen MR) is 86.6 cm³/mol. The van der Waals surface area contributed by atoms with Gasteiger partial charge in [0.1, 0.15) is 0 Å². The molecule has 1 fully saturated rings. The fourth-order valence-corrected chi connectivity index (χ4v) is 2.84. The Morgan fingerprint density at radius 1 is 1.26 bits per heavy atom. The third-order valence-corrected chi connectivity index (χ3v) is 4.10. The van der Waals surface area contributed by atoms with E-state index in [0.29, 0.717) is 5.65 Å². The lowest BCUT2D eigenvalue weighted by Gasteiger charge is -2.26. The molecular weight excluding hydrogens is 294 g/mol. The molecule has 0 atom stereocenters. The number of nitrogens with one attached hydrogen (secondary N) is 1. The Morgan fingerprint density at radius 3 is 3.00 bits per heavy atom. The number of hydrogen-bond donors (Lipinski definition) is 1. The molecule has 1 saturated heterocycles. The molecule has 8 nitrogen and oxygen atoms in total. The van der Waals surface area contributed by atoms with Gasteiger partial charge in [0.05, 0.1) is 24.2 Å². The molecule has 0 unspecified atom stereocenters. The first kappa shape index (κ1) is 14.3. The summed E-state index contributed by atoms with van der Waals surface area (Å²) in [5.41, 5.74) is 3.61. The number of aryl methyl sites for hydroxylation is 1. The van der Waals surface area contributed by atoms with Crippen LogP contribution in [0.15, 0.2) is 18.2 Å². The number of benzene rings is 1. The number of aromatic nitrogens is 5. The SMILES string of the molecule is Cc1ccc2nc(NCCN3CCOCC3)c3nnnn3c2c1. The fourth-order valence-electron chi connectivity index (χ4n) is 2.84. The zero-order chi connectivity index (χ0) is 15.6. The van der Waals surface area contributed by atoms with Crippen LogP contribution in [0.4, 0.5) is 5.82 Å². The molecule has 1 aromatic carbocycles. The first-order valence-electron chi connectivity index (χ1n) is 7.84. The van der Waals surface area contributed by atoms with Crippen LogP contribution in [0.3, 0.4) is 0 Å². The highest BCUT2D eigenvalue weighted by Gasteiger charge is 2.13. The molecule has 3 heterocycles. The average molecular weight is 313 g/mol. The molecule has 120 valence electrons. The second kappa shape index (κ2) is 6.05. The number of rotatable bonds is 4. The van der Waals surface area contributed by atoms with Crippen LogP contribution >= 0.6 is 0 Å². The maximum absolute atomic E-state index is 5.37. The van der Waals surface area contributed by atoms with E-state index >= 15 is 0 Å². The molecule has 1 aliphatic rings. The molecule has 1 aliphatic heterocycles. The average Bonchev–Trinajstić information content (AvgIpc) is 3.06. The van der Waals surface area contributed by atoms with Gasteiger partial charge in [0.25, 0.3) is 0 Å². The molecule has 0 saturated carbocycles. The molecule has 23 heavy (non-hydrogen) atoms. The normalized spacial score (nSPS) is 16.2. The van der Waals surface area contributed by atoms with E-state index in [1.54, 1.807) is 4.52 Å². The molecule has 0 aliphatic carbocycles. The largest absolute Gasteiger partial charge is 0.379 e. The van der Waals surface area contributed by atoms with Crippen molar-refractivity contribution in [3.63, 3.8) is 0 Å². The van der Waals surface area contributed by atoms with Gasteiger partial charge in [-0.3, -0.25) is 4.90 Å². The minimum absolute atomic E-state index is 0.657. The third kappa shape index (κ3) is 2.82. The van der Waals surface area contributed by atoms with Crippen LogP contribution in [-0.4, -0.2) is 69.3 Å². The van der Waals surface area contributed by atoms with Gasteiger partial charge in [0, 0.05) is 26.2 Å². The van der Waals surface area contributed by atoms with E-state index in [2.05, 4.69) is 30.7 Å². The number of hydrogen-bond acceptors (Lipinski definition) is 7. The quantitative estimate of drug-likeness (QED) is 0.760. The first-order chi connectivity index (χ1) is 11.3. The maximum atomic E-state index is 5.37. The molecule has 0 radical (unpaired) electrons. The van der Waals surface area contributed by atoms with Gasteiger partial charge in [-0.15, -0.1) is 5.10 Å². The highest BCUT2D eigenvalue weighted by atomic mass is 16.5. The lowest BCUT2D eigenvalue weighted by Crippen LogP contribution is -2.39. The second-order valence-corrected chi connectivity index (χ2v) is 5.75. The van der Waals surface area contributed by atoms with Crippen molar-refractivity contribution in [2.45, 2.75) is 6.92 Å². The van der Waals surface area contributed by atoms with Crippen molar-refractivity contribution >= 4 is 22.5 Å². The zero-order valence-electron chi connectivity index (χ0n) is 13.1. The summed E-state index contributed by atoms with van der Waals surface area (Å²) < 4.78 is 7.11. The van der Waals surface area contributed by atoms with Crippen molar-refractivity contribution in [2.24, 2.45) is 0 Å². The van der Waals surface area contributed by atoms with Crippen molar-refractivity contribution in [1.29, 1.82) is 0 Å². The van der Waals surface area contributed by atoms with Crippen molar-refractivity contribution in [2.75, 3.05) is 44.7 Å². The van der Waals surface area contributed by atoms with Crippen molar-refractivity contribution in [3.8, 4) is 0 Å². The standard InChI is InChI=1S/C15H19N7O/c1-11-2-3-12-13(10-11)22-15(18-19-20-22)14(17-12)16-4-5-21-6-8-23-9-7-21/h2-3,10H,4-9H2,1H3,(H,16,17). The number of tetrazole rings is 1. The first-order valence-corrected chi connectivity index (χ1v) is 7.84. The van der Waals surface area contributed by atoms with E-state index in [9.17, 15) is 0 Å². The summed E-state index contributed by atoms with van der Waals surface area (Å²) in [7, 11) is 0. The summed E-state index contributed by atoms with van der Waals surface area (Å²) in [4.78, 5) is 7.06. The molecule has 8 heteroatoms. The van der Waals surface area contributed by atoms with Crippen LogP contribution in [0, 0.1) is 6.92 Å². The Balaban J connectivity index is 1.58. The summed E-state index contributed by atoms with van der Waals surface area (Å²) in [6, 6.07) is 6.09. The zero-order valence-corrected chi connectivity index (χ0v) is 13.1. The topological polar surface area (TPSA) is 80.5 Å². The molecular formula is C15H19N7O. The molecule has 3 aromatic rings. The number of anilines is 1. The summed E-state index contributed by atoms with van der Waals surface area (Å²) >= 11 is 0. The lowest BCUT2D eigenvalue weighted by molar-refractivity contribution is 0.0398. The highest BCUT2D eigenvalue weighted by molar-refractivity contribution is 5.82. The molecule has 2 aromatic heterocycles. The number of ether oxygens (including phenoxy) is 1. The van der Waals surface area contributed by atoms with Gasteiger partial charge in [-0.1, -0.05) is 6.07 Å². The summed E-state index contributed by atoms with van der Waals surface area (Å²) in [5.74, 6) is 0.722. The van der Waals surface area contributed by atoms with Gasteiger partial charge in [0.15, 0.2) is 5.82 Å². The van der Waals surface area contributed by atoms with Crippen LogP contribution in [0.1, 0.15) is 5.56 Å². The lowest BCUT2D eigenvalue weighted by atomic mass is 10.2. The third-order valence-electron chi connectivity index (χ3n) is 4.10. The van der Waals surface area contributed by atoms with Crippen molar-refractivity contribution < 1.29 is 4.74 Å². The van der Waals surface area contributed by atoms with Crippen LogP contribution in [0.2, 0.25) is 0 Å². The Morgan fingerprint density at radius 2 is 2.13 bits per heavy atom. The maximum Gasteiger partial charge on any atom is 0.222 e. The van der Waals surface area contributed by atoms with Crippen molar-refractivity contribution in [1.82, 2.24) is 29.9 Å². The highest BCUT2D eigenvalue weighted by Crippen LogP contribution is 2.19. The smallest absolute Gasteiger partial charge is 0.222 e. The summed E-state index contributed by atoms with van der Waals surface area (Å²) in [6.45, 7) is 7.38. The molecule has 0 amide bonds. The van der Waals surface area contributed by atoms with E-state index in [0.717, 1.165) is 61.8 Å². The second-order valence-electron chi connectivity index (χ2n) is 5.75. The van der Waals surface area contributed by atoms with Gasteiger partial charge in [0.2, 0.25) is 5.65 Å². The monoisotopic (exact) mass is 313 g/mol. The van der Waals surface area contributed by atoms with Crippen LogP contribution in [0.5, 0.6) is 0 Å². The van der Waals surface area contributed by atoms with E-state index in [1.807, 2.05) is 25.1 Å². The van der Waals surface area contributed by atoms with E-state index in [-0.39, 0.29) is 0 Å². The van der Waals surface area contributed by atoms with Gasteiger partial charge < -0.3 is 10.1 Å². The molecule has 0 bridgehead atoms. The summed E-state index contributed by atoms with van der Waals surface area (Å²) in [5, 5.41) is 15.4. The van der Waals surface area contributed by atoms with E-state index in [4.69, 9.17) is 4.74 Å². The van der Waals surface area contributed by atoms with Crippen LogP contribution in [-0.2, 0) is 4.74 Å². The van der Waals surface area contributed by atoms with Gasteiger partial charge >= 0.3 is 0 Å². The predicted octanol–water partition coefficient (Wildman–Crippen LogP) is 0.725. The Labute approximate surface area is 133 Å². The Kier molecular flexibility index (Phi) is 3.76. The fraction of sp³-hybridized carbons (Fsp3) is 0.467. The molecule has 0 spiro atoms. The minimum Gasteiger partial charge on any atom is -0.379 e. The molecule has 4 rings (SSSR count).